The molecule has 0 unspecified atom stereocenters. The number of benzene rings is 1. The molecule has 1 aliphatic rings. The summed E-state index contributed by atoms with van der Waals surface area (Å²) in [6.07, 6.45) is 1.01. The lowest BCUT2D eigenvalue weighted by Crippen LogP contribution is -2.44. The van der Waals surface area contributed by atoms with Gasteiger partial charge < -0.3 is 14.5 Å². The van der Waals surface area contributed by atoms with Gasteiger partial charge in [0.2, 0.25) is 10.0 Å². The van der Waals surface area contributed by atoms with E-state index in [1.807, 2.05) is 19.0 Å². The molecule has 0 saturated carbocycles. The molecule has 134 valence electrons. The molecule has 24 heavy (non-hydrogen) atoms. The summed E-state index contributed by atoms with van der Waals surface area (Å²) in [6, 6.07) is 4.78. The van der Waals surface area contributed by atoms with Gasteiger partial charge in [-0.05, 0) is 32.3 Å². The van der Waals surface area contributed by atoms with Gasteiger partial charge in [-0.3, -0.25) is 9.52 Å². The normalized spacial score (nSPS) is 21.8. The van der Waals surface area contributed by atoms with Crippen molar-refractivity contribution in [1.82, 2.24) is 9.80 Å². The van der Waals surface area contributed by atoms with Gasteiger partial charge in [0.25, 0.3) is 5.91 Å². The van der Waals surface area contributed by atoms with Crippen LogP contribution in [0.2, 0.25) is 0 Å². The van der Waals surface area contributed by atoms with E-state index in [1.54, 1.807) is 24.1 Å². The predicted molar refractivity (Wildman–Crippen MR) is 94.0 cm³/mol. The summed E-state index contributed by atoms with van der Waals surface area (Å²) in [5.74, 6) is 0.463. The SMILES string of the molecule is C[C@@H]1CN(C)C(=O)c2cc(NS(C)(=O)=O)ccc2O[C@H]1CN(C)C. The molecule has 1 N–H and O–H groups in total. The Kier molecular flexibility index (Phi) is 5.39. The van der Waals surface area contributed by atoms with Crippen molar-refractivity contribution in [2.75, 3.05) is 45.2 Å². The number of carbonyl (C=O) groups is 1. The molecule has 0 spiro atoms. The van der Waals surface area contributed by atoms with Gasteiger partial charge in [-0.25, -0.2) is 8.42 Å². The molecule has 2 atom stereocenters. The first-order valence-corrected chi connectivity index (χ1v) is 9.64. The summed E-state index contributed by atoms with van der Waals surface area (Å²) < 4.78 is 31.3. The molecule has 1 heterocycles. The molecule has 0 bridgehead atoms. The monoisotopic (exact) mass is 355 g/mol. The lowest BCUT2D eigenvalue weighted by atomic mass is 10.0. The lowest BCUT2D eigenvalue weighted by molar-refractivity contribution is 0.0576. The summed E-state index contributed by atoms with van der Waals surface area (Å²) in [6.45, 7) is 3.36. The van der Waals surface area contributed by atoms with Crippen molar-refractivity contribution < 1.29 is 17.9 Å². The zero-order valence-corrected chi connectivity index (χ0v) is 15.6. The van der Waals surface area contributed by atoms with E-state index in [4.69, 9.17) is 4.74 Å². The van der Waals surface area contributed by atoms with Crippen LogP contribution in [0.3, 0.4) is 0 Å². The first-order chi connectivity index (χ1) is 11.1. The van der Waals surface area contributed by atoms with Crippen LogP contribution in [0.15, 0.2) is 18.2 Å². The highest BCUT2D eigenvalue weighted by atomic mass is 32.2. The largest absolute Gasteiger partial charge is 0.488 e. The Morgan fingerprint density at radius 1 is 1.38 bits per heavy atom. The Hall–Kier alpha value is -1.80. The molecule has 0 fully saturated rings. The number of nitrogens with one attached hydrogen (secondary N) is 1. The number of sulfonamides is 1. The average Bonchev–Trinajstić information content (AvgIpc) is 2.44. The summed E-state index contributed by atoms with van der Waals surface area (Å²) in [7, 11) is 2.29. The van der Waals surface area contributed by atoms with Crippen molar-refractivity contribution in [3.05, 3.63) is 23.8 Å². The van der Waals surface area contributed by atoms with Crippen molar-refractivity contribution in [2.24, 2.45) is 5.92 Å². The summed E-state index contributed by atoms with van der Waals surface area (Å²) in [5, 5.41) is 0. The maximum absolute atomic E-state index is 12.6. The van der Waals surface area contributed by atoms with Gasteiger partial charge in [0.05, 0.1) is 11.8 Å². The highest BCUT2D eigenvalue weighted by molar-refractivity contribution is 7.92. The highest BCUT2D eigenvalue weighted by Gasteiger charge is 2.29. The molecule has 1 aromatic carbocycles. The fourth-order valence-corrected chi connectivity index (χ4v) is 3.33. The lowest BCUT2D eigenvalue weighted by Gasteiger charge is -2.34. The third kappa shape index (κ3) is 4.61. The van der Waals surface area contributed by atoms with Gasteiger partial charge in [0.15, 0.2) is 0 Å². The average molecular weight is 355 g/mol. The Bertz CT molecular complexity index is 718. The van der Waals surface area contributed by atoms with Crippen LogP contribution in [-0.2, 0) is 10.0 Å². The number of amides is 1. The second-order valence-corrected chi connectivity index (χ2v) is 8.42. The minimum atomic E-state index is -3.41. The summed E-state index contributed by atoms with van der Waals surface area (Å²) in [5.41, 5.74) is 0.709. The van der Waals surface area contributed by atoms with Gasteiger partial charge in [0, 0.05) is 31.7 Å². The fraction of sp³-hybridized carbons (Fsp3) is 0.562. The van der Waals surface area contributed by atoms with Crippen molar-refractivity contribution in [2.45, 2.75) is 13.0 Å². The van der Waals surface area contributed by atoms with Gasteiger partial charge in [-0.15, -0.1) is 0 Å². The topological polar surface area (TPSA) is 79.0 Å². The molecule has 0 saturated heterocycles. The van der Waals surface area contributed by atoms with Gasteiger partial charge in [-0.1, -0.05) is 6.92 Å². The van der Waals surface area contributed by atoms with E-state index in [0.29, 0.717) is 23.5 Å². The molecule has 1 aliphatic heterocycles. The first-order valence-electron chi connectivity index (χ1n) is 7.75. The van der Waals surface area contributed by atoms with E-state index < -0.39 is 10.0 Å². The third-order valence-corrected chi connectivity index (χ3v) is 4.49. The fourth-order valence-electron chi connectivity index (χ4n) is 2.77. The Labute approximate surface area is 143 Å². The van der Waals surface area contributed by atoms with Crippen molar-refractivity contribution in [3.8, 4) is 5.75 Å². The molecule has 0 aromatic heterocycles. The van der Waals surface area contributed by atoms with E-state index in [1.165, 1.54) is 6.07 Å². The minimum absolute atomic E-state index is 0.0667. The number of carbonyl (C=O) groups excluding carboxylic acids is 1. The van der Waals surface area contributed by atoms with Crippen molar-refractivity contribution in [1.29, 1.82) is 0 Å². The molecule has 2 rings (SSSR count). The summed E-state index contributed by atoms with van der Waals surface area (Å²) >= 11 is 0. The van der Waals surface area contributed by atoms with Crippen LogP contribution < -0.4 is 9.46 Å². The number of nitrogens with zero attached hydrogens (tertiary/aromatic N) is 2. The second kappa shape index (κ2) is 6.98. The molecular formula is C16H25N3O4S. The first kappa shape index (κ1) is 18.5. The number of hydrogen-bond donors (Lipinski definition) is 1. The smallest absolute Gasteiger partial charge is 0.257 e. The number of fused-ring (bicyclic) bond motifs is 1. The van der Waals surface area contributed by atoms with Gasteiger partial charge in [0.1, 0.15) is 11.9 Å². The summed E-state index contributed by atoms with van der Waals surface area (Å²) in [4.78, 5) is 16.3. The van der Waals surface area contributed by atoms with Crippen LogP contribution in [0.4, 0.5) is 5.69 Å². The molecule has 8 heteroatoms. The third-order valence-electron chi connectivity index (χ3n) is 3.88. The highest BCUT2D eigenvalue weighted by Crippen LogP contribution is 2.29. The Morgan fingerprint density at radius 2 is 2.04 bits per heavy atom. The molecule has 0 radical (unpaired) electrons. The van der Waals surface area contributed by atoms with E-state index >= 15 is 0 Å². The van der Waals surface area contributed by atoms with Crippen LogP contribution in [0.25, 0.3) is 0 Å². The maximum atomic E-state index is 12.6. The zero-order valence-electron chi connectivity index (χ0n) is 14.7. The number of likely N-dealkylation sites (N-methyl/N-ethyl adjacent to an activating group) is 1. The van der Waals surface area contributed by atoms with Crippen molar-refractivity contribution in [3.63, 3.8) is 0 Å². The van der Waals surface area contributed by atoms with Crippen LogP contribution in [0.5, 0.6) is 5.75 Å². The maximum Gasteiger partial charge on any atom is 0.257 e. The van der Waals surface area contributed by atoms with Crippen LogP contribution >= 0.6 is 0 Å². The van der Waals surface area contributed by atoms with Crippen molar-refractivity contribution >= 4 is 21.6 Å². The number of ether oxygens (including phenoxy) is 1. The second-order valence-electron chi connectivity index (χ2n) is 6.67. The van der Waals surface area contributed by atoms with E-state index in [-0.39, 0.29) is 17.9 Å². The van der Waals surface area contributed by atoms with E-state index in [0.717, 1.165) is 12.8 Å². The Balaban J connectivity index is 2.42. The number of rotatable bonds is 4. The van der Waals surface area contributed by atoms with Gasteiger partial charge >= 0.3 is 0 Å². The molecule has 7 nitrogen and oxygen atoms in total. The predicted octanol–water partition coefficient (Wildman–Crippen LogP) is 1.09. The van der Waals surface area contributed by atoms with E-state index in [9.17, 15) is 13.2 Å². The zero-order chi connectivity index (χ0) is 18.1. The molecule has 1 aromatic rings. The van der Waals surface area contributed by atoms with Crippen LogP contribution in [0.1, 0.15) is 17.3 Å². The molecule has 0 aliphatic carbocycles. The molecular weight excluding hydrogens is 330 g/mol. The van der Waals surface area contributed by atoms with E-state index in [2.05, 4.69) is 11.6 Å². The van der Waals surface area contributed by atoms with Crippen LogP contribution in [-0.4, -0.2) is 70.7 Å². The standard InChI is InChI=1S/C16H25N3O4S/c1-11-9-19(4)16(20)13-8-12(17-24(5,21)22)6-7-14(13)23-15(11)10-18(2)3/h6-8,11,15,17H,9-10H2,1-5H3/t11-,15+/m1/s1. The minimum Gasteiger partial charge on any atom is -0.488 e. The molecule has 1 amide bonds. The van der Waals surface area contributed by atoms with Crippen LogP contribution in [0, 0.1) is 5.92 Å². The van der Waals surface area contributed by atoms with Gasteiger partial charge in [-0.2, -0.15) is 0 Å². The number of hydrogen-bond acceptors (Lipinski definition) is 5. The Morgan fingerprint density at radius 3 is 2.62 bits per heavy atom. The quantitative estimate of drug-likeness (QED) is 0.875. The number of anilines is 1.